The fraction of sp³-hybridized carbons (Fsp3) is 0.0833. The first-order valence-electron chi connectivity index (χ1n) is 5.24. The predicted molar refractivity (Wildman–Crippen MR) is 71.9 cm³/mol. The molecule has 18 heavy (non-hydrogen) atoms. The first-order chi connectivity index (χ1) is 8.63. The maximum absolute atomic E-state index is 13.2. The Hall–Kier alpha value is -1.50. The Morgan fingerprint density at radius 2 is 2.11 bits per heavy atom. The molecule has 0 fully saturated rings. The molecule has 0 spiro atoms. The van der Waals surface area contributed by atoms with Gasteiger partial charge < -0.3 is 5.73 Å². The zero-order valence-corrected chi connectivity index (χ0v) is 11.0. The van der Waals surface area contributed by atoms with Crippen molar-refractivity contribution >= 4 is 21.6 Å². The van der Waals surface area contributed by atoms with Crippen molar-refractivity contribution < 1.29 is 4.39 Å². The van der Waals surface area contributed by atoms with Gasteiger partial charge in [0.2, 0.25) is 0 Å². The minimum Gasteiger partial charge on any atom is -0.398 e. The van der Waals surface area contributed by atoms with Gasteiger partial charge in [-0.1, -0.05) is 6.07 Å². The van der Waals surface area contributed by atoms with E-state index in [0.717, 1.165) is 11.1 Å². The SMILES string of the molecule is NNC(c1ccc(F)c(Br)c1)c1cnccc1N. The molecule has 0 aliphatic carbocycles. The number of nitrogens with two attached hydrogens (primary N) is 2. The van der Waals surface area contributed by atoms with Crippen molar-refractivity contribution in [3.05, 3.63) is 58.1 Å². The number of pyridine rings is 1. The summed E-state index contributed by atoms with van der Waals surface area (Å²) in [4.78, 5) is 4.02. The normalized spacial score (nSPS) is 12.4. The summed E-state index contributed by atoms with van der Waals surface area (Å²) in [5, 5.41) is 0. The van der Waals surface area contributed by atoms with Gasteiger partial charge >= 0.3 is 0 Å². The zero-order valence-electron chi connectivity index (χ0n) is 9.40. The number of hydrogen-bond donors (Lipinski definition) is 3. The van der Waals surface area contributed by atoms with Gasteiger partial charge in [0.1, 0.15) is 5.82 Å². The van der Waals surface area contributed by atoms with Crippen LogP contribution in [0.1, 0.15) is 17.2 Å². The van der Waals surface area contributed by atoms with E-state index >= 15 is 0 Å². The Labute approximate surface area is 112 Å². The monoisotopic (exact) mass is 310 g/mol. The minimum absolute atomic E-state index is 0.325. The van der Waals surface area contributed by atoms with Crippen LogP contribution in [0.15, 0.2) is 41.1 Å². The standard InChI is InChI=1S/C12H12BrFN4/c13-9-5-7(1-2-10(9)14)12(18-16)8-6-17-4-3-11(8)15/h1-6,12,18H,16H2,(H2,15,17). The summed E-state index contributed by atoms with van der Waals surface area (Å²) < 4.78 is 13.6. The van der Waals surface area contributed by atoms with E-state index in [1.165, 1.54) is 6.07 Å². The number of nitrogens with zero attached hydrogens (tertiary/aromatic N) is 1. The lowest BCUT2D eigenvalue weighted by Gasteiger charge is -2.18. The van der Waals surface area contributed by atoms with Crippen LogP contribution >= 0.6 is 15.9 Å². The molecule has 0 amide bonds. The number of hydrogen-bond acceptors (Lipinski definition) is 4. The molecule has 5 N–H and O–H groups in total. The molecular weight excluding hydrogens is 299 g/mol. The quantitative estimate of drug-likeness (QED) is 0.599. The molecule has 1 unspecified atom stereocenters. The molecule has 1 aromatic carbocycles. The first-order valence-corrected chi connectivity index (χ1v) is 6.03. The van der Waals surface area contributed by atoms with E-state index in [9.17, 15) is 4.39 Å². The van der Waals surface area contributed by atoms with E-state index in [2.05, 4.69) is 26.3 Å². The molecule has 2 rings (SSSR count). The molecule has 1 aromatic heterocycles. The summed E-state index contributed by atoms with van der Waals surface area (Å²) in [5.41, 5.74) is 10.7. The van der Waals surface area contributed by atoms with E-state index in [1.54, 1.807) is 30.6 Å². The van der Waals surface area contributed by atoms with E-state index in [0.29, 0.717) is 10.2 Å². The largest absolute Gasteiger partial charge is 0.398 e. The Morgan fingerprint density at radius 1 is 1.33 bits per heavy atom. The van der Waals surface area contributed by atoms with Crippen LogP contribution in [-0.4, -0.2) is 4.98 Å². The Balaban J connectivity index is 2.45. The summed E-state index contributed by atoms with van der Waals surface area (Å²) in [6, 6.07) is 6.04. The van der Waals surface area contributed by atoms with Gasteiger partial charge in [-0.15, -0.1) is 0 Å². The van der Waals surface area contributed by atoms with Crippen LogP contribution < -0.4 is 17.0 Å². The van der Waals surface area contributed by atoms with Crippen LogP contribution in [0.25, 0.3) is 0 Å². The lowest BCUT2D eigenvalue weighted by atomic mass is 9.99. The van der Waals surface area contributed by atoms with Crippen molar-refractivity contribution in [3.8, 4) is 0 Å². The number of nitrogens with one attached hydrogen (secondary N) is 1. The smallest absolute Gasteiger partial charge is 0.137 e. The second kappa shape index (κ2) is 5.43. The van der Waals surface area contributed by atoms with E-state index in [4.69, 9.17) is 11.6 Å². The number of hydrazine groups is 1. The molecule has 0 aliphatic heterocycles. The summed E-state index contributed by atoms with van der Waals surface area (Å²) in [6.07, 6.45) is 3.24. The number of halogens is 2. The van der Waals surface area contributed by atoms with Gasteiger partial charge in [0.15, 0.2) is 0 Å². The number of anilines is 1. The van der Waals surface area contributed by atoms with Gasteiger partial charge in [0.05, 0.1) is 10.5 Å². The average Bonchev–Trinajstić information content (AvgIpc) is 2.37. The van der Waals surface area contributed by atoms with Crippen LogP contribution in [0.3, 0.4) is 0 Å². The highest BCUT2D eigenvalue weighted by atomic mass is 79.9. The molecule has 0 bridgehead atoms. The van der Waals surface area contributed by atoms with Gasteiger partial charge in [-0.2, -0.15) is 0 Å². The lowest BCUT2D eigenvalue weighted by Crippen LogP contribution is -2.29. The molecule has 4 nitrogen and oxygen atoms in total. The van der Waals surface area contributed by atoms with Gasteiger partial charge in [-0.3, -0.25) is 10.8 Å². The molecule has 0 saturated heterocycles. The zero-order chi connectivity index (χ0) is 13.1. The molecule has 0 saturated carbocycles. The number of benzene rings is 1. The average molecular weight is 311 g/mol. The van der Waals surface area contributed by atoms with Crippen molar-refractivity contribution in [2.24, 2.45) is 5.84 Å². The second-order valence-corrected chi connectivity index (χ2v) is 4.63. The van der Waals surface area contributed by atoms with Gasteiger partial charge in [0.25, 0.3) is 0 Å². The highest BCUT2D eigenvalue weighted by Crippen LogP contribution is 2.28. The topological polar surface area (TPSA) is 77.0 Å². The molecule has 1 heterocycles. The molecular formula is C12H12BrFN4. The van der Waals surface area contributed by atoms with Crippen LogP contribution in [-0.2, 0) is 0 Å². The van der Waals surface area contributed by atoms with Crippen molar-refractivity contribution in [1.82, 2.24) is 10.4 Å². The van der Waals surface area contributed by atoms with Gasteiger partial charge in [-0.25, -0.2) is 9.82 Å². The maximum atomic E-state index is 13.2. The number of rotatable bonds is 3. The van der Waals surface area contributed by atoms with Crippen molar-refractivity contribution in [2.75, 3.05) is 5.73 Å². The summed E-state index contributed by atoms with van der Waals surface area (Å²) in [7, 11) is 0. The van der Waals surface area contributed by atoms with E-state index in [1.807, 2.05) is 0 Å². The van der Waals surface area contributed by atoms with Gasteiger partial charge in [0, 0.05) is 23.6 Å². The molecule has 0 radical (unpaired) electrons. The molecule has 0 aliphatic rings. The number of aromatic nitrogens is 1. The lowest BCUT2D eigenvalue weighted by molar-refractivity contribution is 0.610. The first kappa shape index (κ1) is 12.9. The Kier molecular flexibility index (Phi) is 3.90. The third kappa shape index (κ3) is 2.50. The van der Waals surface area contributed by atoms with Crippen molar-refractivity contribution in [2.45, 2.75) is 6.04 Å². The van der Waals surface area contributed by atoms with Crippen molar-refractivity contribution in [1.29, 1.82) is 0 Å². The highest BCUT2D eigenvalue weighted by Gasteiger charge is 2.16. The maximum Gasteiger partial charge on any atom is 0.137 e. The molecule has 94 valence electrons. The predicted octanol–water partition coefficient (Wildman–Crippen LogP) is 2.12. The highest BCUT2D eigenvalue weighted by molar-refractivity contribution is 9.10. The molecule has 1 atom stereocenters. The third-order valence-corrected chi connectivity index (χ3v) is 3.25. The summed E-state index contributed by atoms with van der Waals surface area (Å²) >= 11 is 3.14. The van der Waals surface area contributed by atoms with Crippen LogP contribution in [0.4, 0.5) is 10.1 Å². The van der Waals surface area contributed by atoms with Gasteiger partial charge in [-0.05, 0) is 39.7 Å². The minimum atomic E-state index is -0.337. The van der Waals surface area contributed by atoms with Crippen LogP contribution in [0, 0.1) is 5.82 Å². The Morgan fingerprint density at radius 3 is 2.72 bits per heavy atom. The van der Waals surface area contributed by atoms with Crippen LogP contribution in [0.5, 0.6) is 0 Å². The van der Waals surface area contributed by atoms with E-state index < -0.39 is 0 Å². The molecule has 6 heteroatoms. The van der Waals surface area contributed by atoms with Crippen LogP contribution in [0.2, 0.25) is 0 Å². The fourth-order valence-corrected chi connectivity index (χ4v) is 2.11. The number of nitrogen functional groups attached to an aromatic ring is 1. The summed E-state index contributed by atoms with van der Waals surface area (Å²) in [5.74, 6) is 5.23. The second-order valence-electron chi connectivity index (χ2n) is 3.78. The third-order valence-electron chi connectivity index (χ3n) is 2.64. The summed E-state index contributed by atoms with van der Waals surface area (Å²) in [6.45, 7) is 0. The van der Waals surface area contributed by atoms with Crippen molar-refractivity contribution in [3.63, 3.8) is 0 Å². The van der Waals surface area contributed by atoms with E-state index in [-0.39, 0.29) is 11.9 Å². The fourth-order valence-electron chi connectivity index (χ4n) is 1.72. The Bertz CT molecular complexity index is 562. The molecule has 2 aromatic rings.